The van der Waals surface area contributed by atoms with Crippen molar-refractivity contribution >= 4 is 5.91 Å². The fourth-order valence-electron chi connectivity index (χ4n) is 4.77. The fourth-order valence-corrected chi connectivity index (χ4v) is 4.77. The maximum atomic E-state index is 11.7. The van der Waals surface area contributed by atoms with E-state index in [1.54, 1.807) is 4.90 Å². The summed E-state index contributed by atoms with van der Waals surface area (Å²) in [7, 11) is 3.62. The van der Waals surface area contributed by atoms with Gasteiger partial charge in [-0.1, -0.05) is 50.5 Å². The van der Waals surface area contributed by atoms with E-state index in [1.807, 2.05) is 20.2 Å². The SMILES string of the molecule is CCCC[C@H](C)[C@H](O)/C=C/[C@@H]1[C@H]2CC(CCCCC(=O)N(C)C)=C[C@H]2C[C@H]1O. The van der Waals surface area contributed by atoms with E-state index in [2.05, 4.69) is 26.0 Å². The monoisotopic (exact) mass is 391 g/mol. The van der Waals surface area contributed by atoms with Crippen molar-refractivity contribution in [3.63, 3.8) is 0 Å². The molecule has 2 rings (SSSR count). The van der Waals surface area contributed by atoms with Crippen LogP contribution in [-0.2, 0) is 4.79 Å². The molecule has 2 N–H and O–H groups in total. The summed E-state index contributed by atoms with van der Waals surface area (Å²) in [5, 5.41) is 20.9. The zero-order valence-corrected chi connectivity index (χ0v) is 18.3. The van der Waals surface area contributed by atoms with E-state index < -0.39 is 6.10 Å². The molecule has 0 aromatic heterocycles. The number of aliphatic hydroxyl groups excluding tert-OH is 2. The van der Waals surface area contributed by atoms with E-state index in [-0.39, 0.29) is 23.8 Å². The van der Waals surface area contributed by atoms with Gasteiger partial charge < -0.3 is 15.1 Å². The fraction of sp³-hybridized carbons (Fsp3) is 0.792. The van der Waals surface area contributed by atoms with Crippen molar-refractivity contribution in [3.8, 4) is 0 Å². The molecule has 0 bridgehead atoms. The Kier molecular flexibility index (Phi) is 9.23. The van der Waals surface area contributed by atoms with E-state index >= 15 is 0 Å². The molecule has 160 valence electrons. The van der Waals surface area contributed by atoms with Gasteiger partial charge in [0, 0.05) is 26.4 Å². The summed E-state index contributed by atoms with van der Waals surface area (Å²) in [5.74, 6) is 1.58. The van der Waals surface area contributed by atoms with Crippen LogP contribution in [0.5, 0.6) is 0 Å². The molecule has 1 fully saturated rings. The highest BCUT2D eigenvalue weighted by Crippen LogP contribution is 2.48. The van der Waals surface area contributed by atoms with Crippen LogP contribution in [0.4, 0.5) is 0 Å². The molecule has 0 unspecified atom stereocenters. The molecule has 0 spiro atoms. The number of fused-ring (bicyclic) bond motifs is 1. The van der Waals surface area contributed by atoms with Crippen LogP contribution in [0.25, 0.3) is 0 Å². The first-order valence-corrected chi connectivity index (χ1v) is 11.3. The van der Waals surface area contributed by atoms with Gasteiger partial charge in [0.2, 0.25) is 5.91 Å². The second-order valence-electron chi connectivity index (χ2n) is 9.23. The first kappa shape index (κ1) is 23.2. The molecule has 0 aliphatic heterocycles. The highest BCUT2D eigenvalue weighted by molar-refractivity contribution is 5.75. The Morgan fingerprint density at radius 3 is 2.75 bits per heavy atom. The van der Waals surface area contributed by atoms with Crippen LogP contribution in [0.2, 0.25) is 0 Å². The van der Waals surface area contributed by atoms with E-state index in [0.717, 1.165) is 51.4 Å². The van der Waals surface area contributed by atoms with Crippen molar-refractivity contribution in [1.29, 1.82) is 0 Å². The predicted molar refractivity (Wildman–Crippen MR) is 115 cm³/mol. The molecule has 4 nitrogen and oxygen atoms in total. The molecule has 2 aliphatic carbocycles. The highest BCUT2D eigenvalue weighted by Gasteiger charge is 2.43. The molecule has 28 heavy (non-hydrogen) atoms. The summed E-state index contributed by atoms with van der Waals surface area (Å²) < 4.78 is 0. The normalized spacial score (nSPS) is 29.0. The van der Waals surface area contributed by atoms with Crippen molar-refractivity contribution in [2.75, 3.05) is 14.1 Å². The third-order valence-corrected chi connectivity index (χ3v) is 6.71. The van der Waals surface area contributed by atoms with Crippen LogP contribution in [0.3, 0.4) is 0 Å². The Labute approximate surface area is 171 Å². The molecule has 0 radical (unpaired) electrons. The standard InChI is InChI=1S/C24H41NO3/c1-5-6-9-17(2)22(26)13-12-20-21-15-18(14-19(21)16-23(20)27)10-7-8-11-24(28)25(3)4/h12-14,17,19-23,26-27H,5-11,15-16H2,1-4H3/b13-12+/t17-,19-,20+,21-,22+,23+/m0/s1. The van der Waals surface area contributed by atoms with Crippen LogP contribution >= 0.6 is 0 Å². The third-order valence-electron chi connectivity index (χ3n) is 6.71. The molecule has 0 saturated heterocycles. The van der Waals surface area contributed by atoms with Crippen LogP contribution < -0.4 is 0 Å². The number of rotatable bonds is 11. The summed E-state index contributed by atoms with van der Waals surface area (Å²) in [4.78, 5) is 13.3. The largest absolute Gasteiger partial charge is 0.392 e. The number of hydrogen-bond acceptors (Lipinski definition) is 3. The van der Waals surface area contributed by atoms with Gasteiger partial charge in [-0.2, -0.15) is 0 Å². The number of allylic oxidation sites excluding steroid dienone is 2. The summed E-state index contributed by atoms with van der Waals surface area (Å²) in [6, 6.07) is 0. The number of carbonyl (C=O) groups is 1. The van der Waals surface area contributed by atoms with Crippen molar-refractivity contribution in [1.82, 2.24) is 4.90 Å². The van der Waals surface area contributed by atoms with Crippen LogP contribution in [-0.4, -0.2) is 47.3 Å². The van der Waals surface area contributed by atoms with Gasteiger partial charge in [0.05, 0.1) is 12.2 Å². The summed E-state index contributed by atoms with van der Waals surface area (Å²) in [5.41, 5.74) is 1.49. The number of hydrogen-bond donors (Lipinski definition) is 2. The van der Waals surface area contributed by atoms with Crippen molar-refractivity contribution in [2.24, 2.45) is 23.7 Å². The molecule has 0 aromatic carbocycles. The third kappa shape index (κ3) is 6.45. The molecule has 0 heterocycles. The van der Waals surface area contributed by atoms with Crippen molar-refractivity contribution < 1.29 is 15.0 Å². The van der Waals surface area contributed by atoms with Gasteiger partial charge in [-0.3, -0.25) is 4.79 Å². The number of unbranched alkanes of at least 4 members (excludes halogenated alkanes) is 2. The van der Waals surface area contributed by atoms with E-state index in [0.29, 0.717) is 18.3 Å². The van der Waals surface area contributed by atoms with Crippen LogP contribution in [0.1, 0.15) is 71.6 Å². The average Bonchev–Trinajstić information content (AvgIpc) is 3.17. The van der Waals surface area contributed by atoms with Crippen molar-refractivity contribution in [2.45, 2.75) is 83.8 Å². The molecule has 6 atom stereocenters. The topological polar surface area (TPSA) is 60.8 Å². The molecule has 1 amide bonds. The zero-order chi connectivity index (χ0) is 20.7. The quantitative estimate of drug-likeness (QED) is 0.407. The molecule has 4 heteroatoms. The Morgan fingerprint density at radius 1 is 1.32 bits per heavy atom. The number of nitrogens with zero attached hydrogens (tertiary/aromatic N) is 1. The van der Waals surface area contributed by atoms with E-state index in [9.17, 15) is 15.0 Å². The minimum absolute atomic E-state index is 0.155. The van der Waals surface area contributed by atoms with E-state index in [1.165, 1.54) is 5.57 Å². The van der Waals surface area contributed by atoms with Gasteiger partial charge in [0.1, 0.15) is 0 Å². The summed E-state index contributed by atoms with van der Waals surface area (Å²) >= 11 is 0. The predicted octanol–water partition coefficient (Wildman–Crippen LogP) is 4.32. The van der Waals surface area contributed by atoms with Gasteiger partial charge in [0.15, 0.2) is 0 Å². The van der Waals surface area contributed by atoms with Gasteiger partial charge >= 0.3 is 0 Å². The average molecular weight is 392 g/mol. The smallest absolute Gasteiger partial charge is 0.222 e. The number of aliphatic hydroxyl groups is 2. The van der Waals surface area contributed by atoms with Gasteiger partial charge in [0.25, 0.3) is 0 Å². The van der Waals surface area contributed by atoms with Crippen LogP contribution in [0, 0.1) is 23.7 Å². The molecule has 2 aliphatic rings. The van der Waals surface area contributed by atoms with Gasteiger partial charge in [-0.15, -0.1) is 0 Å². The molecule has 0 aromatic rings. The minimum Gasteiger partial charge on any atom is -0.392 e. The summed E-state index contributed by atoms with van der Waals surface area (Å²) in [6.07, 6.45) is 14.6. The lowest BCUT2D eigenvalue weighted by molar-refractivity contribution is -0.128. The molecular formula is C24H41NO3. The minimum atomic E-state index is -0.416. The second-order valence-corrected chi connectivity index (χ2v) is 9.23. The zero-order valence-electron chi connectivity index (χ0n) is 18.3. The first-order chi connectivity index (χ1) is 13.3. The number of carbonyl (C=O) groups excluding carboxylic acids is 1. The highest BCUT2D eigenvalue weighted by atomic mass is 16.3. The molecule has 1 saturated carbocycles. The number of amides is 1. The van der Waals surface area contributed by atoms with Gasteiger partial charge in [-0.05, 0) is 56.3 Å². The Morgan fingerprint density at radius 2 is 2.07 bits per heavy atom. The van der Waals surface area contributed by atoms with Crippen LogP contribution in [0.15, 0.2) is 23.8 Å². The molecular weight excluding hydrogens is 350 g/mol. The first-order valence-electron chi connectivity index (χ1n) is 11.3. The Bertz CT molecular complexity index is 554. The lowest BCUT2D eigenvalue weighted by atomic mass is 9.87. The lowest BCUT2D eigenvalue weighted by Gasteiger charge is -2.20. The second kappa shape index (κ2) is 11.2. The lowest BCUT2D eigenvalue weighted by Crippen LogP contribution is -2.21. The Hall–Kier alpha value is -1.13. The van der Waals surface area contributed by atoms with E-state index in [4.69, 9.17) is 0 Å². The van der Waals surface area contributed by atoms with Crippen molar-refractivity contribution in [3.05, 3.63) is 23.8 Å². The van der Waals surface area contributed by atoms with Gasteiger partial charge in [-0.25, -0.2) is 0 Å². The maximum Gasteiger partial charge on any atom is 0.222 e. The Balaban J connectivity index is 1.80. The maximum absolute atomic E-state index is 11.7. The summed E-state index contributed by atoms with van der Waals surface area (Å²) in [6.45, 7) is 4.28.